The Bertz CT molecular complexity index is 956. The summed E-state index contributed by atoms with van der Waals surface area (Å²) >= 11 is 0. The number of fused-ring (bicyclic) bond motifs is 1. The molecule has 27 heavy (non-hydrogen) atoms. The molecule has 0 saturated carbocycles. The summed E-state index contributed by atoms with van der Waals surface area (Å²) in [6, 6.07) is 9.33. The fourth-order valence-electron chi connectivity index (χ4n) is 3.58. The van der Waals surface area contributed by atoms with E-state index >= 15 is 0 Å². The number of nitrogens with zero attached hydrogens (tertiary/aromatic N) is 5. The molecule has 0 radical (unpaired) electrons. The zero-order chi connectivity index (χ0) is 18.8. The Kier molecular flexibility index (Phi) is 4.85. The summed E-state index contributed by atoms with van der Waals surface area (Å²) in [5.41, 5.74) is 2.29. The fourth-order valence-corrected chi connectivity index (χ4v) is 3.58. The Morgan fingerprint density at radius 3 is 2.70 bits per heavy atom. The molecule has 0 aromatic carbocycles. The zero-order valence-electron chi connectivity index (χ0n) is 15.3. The van der Waals surface area contributed by atoms with Gasteiger partial charge in [0, 0.05) is 50.8 Å². The minimum atomic E-state index is -0.578. The van der Waals surface area contributed by atoms with Crippen molar-refractivity contribution >= 4 is 11.6 Å². The van der Waals surface area contributed by atoms with Crippen molar-refractivity contribution in [3.63, 3.8) is 0 Å². The first-order valence-electron chi connectivity index (χ1n) is 9.17. The molecule has 4 rings (SSSR count). The van der Waals surface area contributed by atoms with E-state index in [0.29, 0.717) is 18.7 Å². The standard InChI is InChI=1S/C20H22FN5O/c1-15-4-2-5-17-23-18(19(21)26(15)17)20(27)25-11-3-10-24(12-13-25)14-16-6-8-22-9-7-16/h2,4-9H,3,10-14H2,1H3. The first-order valence-corrected chi connectivity index (χ1v) is 9.17. The van der Waals surface area contributed by atoms with Crippen LogP contribution >= 0.6 is 0 Å². The maximum atomic E-state index is 14.8. The Balaban J connectivity index is 1.49. The summed E-state index contributed by atoms with van der Waals surface area (Å²) in [6.07, 6.45) is 4.43. The van der Waals surface area contributed by atoms with Crippen LogP contribution < -0.4 is 0 Å². The molecule has 1 fully saturated rings. The van der Waals surface area contributed by atoms with E-state index in [9.17, 15) is 9.18 Å². The van der Waals surface area contributed by atoms with E-state index in [1.54, 1.807) is 36.4 Å². The summed E-state index contributed by atoms with van der Waals surface area (Å²) in [4.78, 5) is 25.2. The van der Waals surface area contributed by atoms with Crippen LogP contribution in [0.25, 0.3) is 5.65 Å². The number of hydrogen-bond acceptors (Lipinski definition) is 4. The van der Waals surface area contributed by atoms with Crippen molar-refractivity contribution in [3.8, 4) is 0 Å². The lowest BCUT2D eigenvalue weighted by molar-refractivity contribution is 0.0750. The average Bonchev–Trinajstić information content (AvgIpc) is 2.86. The Hall–Kier alpha value is -2.80. The van der Waals surface area contributed by atoms with Gasteiger partial charge in [0.25, 0.3) is 5.91 Å². The monoisotopic (exact) mass is 367 g/mol. The first-order chi connectivity index (χ1) is 13.1. The van der Waals surface area contributed by atoms with Crippen molar-refractivity contribution in [1.29, 1.82) is 0 Å². The summed E-state index contributed by atoms with van der Waals surface area (Å²) in [7, 11) is 0. The molecule has 7 heteroatoms. The van der Waals surface area contributed by atoms with Crippen molar-refractivity contribution < 1.29 is 9.18 Å². The smallest absolute Gasteiger partial charge is 0.277 e. The Morgan fingerprint density at radius 1 is 1.11 bits per heavy atom. The van der Waals surface area contributed by atoms with Gasteiger partial charge in [0.2, 0.25) is 5.95 Å². The van der Waals surface area contributed by atoms with E-state index in [1.807, 2.05) is 18.2 Å². The second-order valence-electron chi connectivity index (χ2n) is 6.89. The second-order valence-corrected chi connectivity index (χ2v) is 6.89. The summed E-state index contributed by atoms with van der Waals surface area (Å²) < 4.78 is 16.2. The number of aryl methyl sites for hydroxylation is 1. The number of amides is 1. The van der Waals surface area contributed by atoms with Gasteiger partial charge in [0.15, 0.2) is 5.69 Å². The molecule has 1 aliphatic heterocycles. The number of hydrogen-bond donors (Lipinski definition) is 0. The molecule has 0 aliphatic carbocycles. The van der Waals surface area contributed by atoms with Crippen LogP contribution in [0.3, 0.4) is 0 Å². The molecule has 3 aromatic rings. The van der Waals surface area contributed by atoms with Gasteiger partial charge in [-0.05, 0) is 43.2 Å². The van der Waals surface area contributed by atoms with E-state index in [4.69, 9.17) is 0 Å². The number of imidazole rings is 1. The summed E-state index contributed by atoms with van der Waals surface area (Å²) in [5.74, 6) is -0.910. The molecule has 140 valence electrons. The molecule has 4 heterocycles. The average molecular weight is 367 g/mol. The van der Waals surface area contributed by atoms with Crippen molar-refractivity contribution in [2.75, 3.05) is 26.2 Å². The van der Waals surface area contributed by atoms with Crippen LogP contribution in [0.2, 0.25) is 0 Å². The molecule has 6 nitrogen and oxygen atoms in total. The third-order valence-electron chi connectivity index (χ3n) is 5.02. The summed E-state index contributed by atoms with van der Waals surface area (Å²) in [6.45, 7) is 5.45. The van der Waals surface area contributed by atoms with Crippen molar-refractivity contribution in [2.24, 2.45) is 0 Å². The highest BCUT2D eigenvalue weighted by atomic mass is 19.1. The van der Waals surface area contributed by atoms with Crippen LogP contribution in [0, 0.1) is 12.9 Å². The number of carbonyl (C=O) groups is 1. The fraction of sp³-hybridized carbons (Fsp3) is 0.350. The minimum absolute atomic E-state index is 0.0908. The molecule has 0 bridgehead atoms. The maximum absolute atomic E-state index is 14.8. The highest BCUT2D eigenvalue weighted by Crippen LogP contribution is 2.17. The number of aromatic nitrogens is 3. The maximum Gasteiger partial charge on any atom is 0.277 e. The SMILES string of the molecule is Cc1cccc2nc(C(=O)N3CCCN(Cc4ccncc4)CC3)c(F)n12. The summed E-state index contributed by atoms with van der Waals surface area (Å²) in [5, 5.41) is 0. The predicted molar refractivity (Wildman–Crippen MR) is 99.9 cm³/mol. The minimum Gasteiger partial charge on any atom is -0.336 e. The molecule has 1 aliphatic rings. The second kappa shape index (κ2) is 7.44. The van der Waals surface area contributed by atoms with E-state index in [1.165, 1.54) is 9.96 Å². The molecular formula is C20H22FN5O. The quantitative estimate of drug-likeness (QED) is 0.714. The van der Waals surface area contributed by atoms with Gasteiger partial charge in [0.1, 0.15) is 5.65 Å². The van der Waals surface area contributed by atoms with Gasteiger partial charge >= 0.3 is 0 Å². The first kappa shape index (κ1) is 17.6. The van der Waals surface area contributed by atoms with E-state index in [2.05, 4.69) is 14.9 Å². The van der Waals surface area contributed by atoms with Gasteiger partial charge in [-0.2, -0.15) is 4.39 Å². The molecule has 0 spiro atoms. The zero-order valence-corrected chi connectivity index (χ0v) is 15.3. The highest BCUT2D eigenvalue weighted by molar-refractivity contribution is 5.93. The van der Waals surface area contributed by atoms with Crippen molar-refractivity contribution in [3.05, 3.63) is 65.6 Å². The molecule has 3 aromatic heterocycles. The molecule has 1 amide bonds. The van der Waals surface area contributed by atoms with Crippen LogP contribution in [-0.4, -0.2) is 56.3 Å². The van der Waals surface area contributed by atoms with Gasteiger partial charge < -0.3 is 4.90 Å². The Labute approximate surface area is 157 Å². The number of carbonyl (C=O) groups excluding carboxylic acids is 1. The lowest BCUT2D eigenvalue weighted by Crippen LogP contribution is -2.35. The number of rotatable bonds is 3. The van der Waals surface area contributed by atoms with E-state index in [0.717, 1.165) is 31.7 Å². The topological polar surface area (TPSA) is 53.7 Å². The van der Waals surface area contributed by atoms with E-state index in [-0.39, 0.29) is 11.6 Å². The highest BCUT2D eigenvalue weighted by Gasteiger charge is 2.26. The Morgan fingerprint density at radius 2 is 1.93 bits per heavy atom. The van der Waals surface area contributed by atoms with Crippen LogP contribution in [0.4, 0.5) is 4.39 Å². The van der Waals surface area contributed by atoms with E-state index < -0.39 is 5.95 Å². The van der Waals surface area contributed by atoms with Gasteiger partial charge in [-0.15, -0.1) is 0 Å². The van der Waals surface area contributed by atoms with Crippen LogP contribution in [0.15, 0.2) is 42.7 Å². The molecule has 1 saturated heterocycles. The third kappa shape index (κ3) is 3.55. The number of pyridine rings is 2. The van der Waals surface area contributed by atoms with Gasteiger partial charge in [-0.25, -0.2) is 4.98 Å². The normalized spacial score (nSPS) is 15.9. The molecule has 0 unspecified atom stereocenters. The van der Waals surface area contributed by atoms with Crippen LogP contribution in [0.5, 0.6) is 0 Å². The van der Waals surface area contributed by atoms with Gasteiger partial charge in [-0.1, -0.05) is 6.07 Å². The van der Waals surface area contributed by atoms with Crippen LogP contribution in [0.1, 0.15) is 28.2 Å². The van der Waals surface area contributed by atoms with Crippen molar-refractivity contribution in [2.45, 2.75) is 19.9 Å². The predicted octanol–water partition coefficient (Wildman–Crippen LogP) is 2.52. The van der Waals surface area contributed by atoms with Gasteiger partial charge in [-0.3, -0.25) is 19.1 Å². The van der Waals surface area contributed by atoms with Gasteiger partial charge in [0.05, 0.1) is 0 Å². The molecule has 0 N–H and O–H groups in total. The molecular weight excluding hydrogens is 345 g/mol. The van der Waals surface area contributed by atoms with Crippen LogP contribution in [-0.2, 0) is 6.54 Å². The molecule has 0 atom stereocenters. The lowest BCUT2D eigenvalue weighted by Gasteiger charge is -2.21. The lowest BCUT2D eigenvalue weighted by atomic mass is 10.2. The largest absolute Gasteiger partial charge is 0.336 e. The number of halogens is 1. The van der Waals surface area contributed by atoms with Crippen molar-refractivity contribution in [1.82, 2.24) is 24.2 Å². The third-order valence-corrected chi connectivity index (χ3v) is 5.02.